The van der Waals surface area contributed by atoms with E-state index >= 15 is 0 Å². The first-order chi connectivity index (χ1) is 24.3. The molecule has 0 amide bonds. The summed E-state index contributed by atoms with van der Waals surface area (Å²) in [6.45, 7) is 3.82. The third-order valence-corrected chi connectivity index (χ3v) is 8.10. The van der Waals surface area contributed by atoms with Crippen LogP contribution in [0.25, 0.3) is 0 Å². The lowest BCUT2D eigenvalue weighted by atomic mass is 10.0. The number of ether oxygens (including phenoxy) is 2. The Hall–Kier alpha value is -2.48. The summed E-state index contributed by atoms with van der Waals surface area (Å²) in [5.74, 6) is -0.530. The fourth-order valence-electron chi connectivity index (χ4n) is 4.81. The van der Waals surface area contributed by atoms with Crippen LogP contribution in [0.15, 0.2) is 85.3 Å². The fourth-order valence-corrected chi connectivity index (χ4v) is 5.17. The normalized spacial score (nSPS) is 14.2. The van der Waals surface area contributed by atoms with Crippen molar-refractivity contribution in [1.29, 1.82) is 0 Å². The predicted octanol–water partition coefficient (Wildman–Crippen LogP) is 11.1. The molecule has 0 fully saturated rings. The molecule has 3 N–H and O–H groups in total. The van der Waals surface area contributed by atoms with Crippen LogP contribution < -0.4 is 0 Å². The molecule has 0 bridgehead atoms. The number of phosphoric acid groups is 1. The molecule has 0 aromatic heterocycles. The Morgan fingerprint density at radius 1 is 0.660 bits per heavy atom. The fraction of sp³-hybridized carbons (Fsp3) is 0.634. The molecular weight excluding hydrogens is 651 g/mol. The number of hydrogen-bond donors (Lipinski definition) is 3. The van der Waals surface area contributed by atoms with Gasteiger partial charge < -0.3 is 24.4 Å². The smallest absolute Gasteiger partial charge is 0.469 e. The van der Waals surface area contributed by atoms with Crippen LogP contribution in [-0.2, 0) is 23.4 Å². The van der Waals surface area contributed by atoms with Crippen LogP contribution in [0, 0.1) is 0 Å². The predicted molar refractivity (Wildman–Crippen MR) is 208 cm³/mol. The molecule has 0 rings (SSSR count). The highest BCUT2D eigenvalue weighted by molar-refractivity contribution is 7.46. The van der Waals surface area contributed by atoms with Crippen LogP contribution in [0.3, 0.4) is 0 Å². The monoisotopic (exact) mass is 720 g/mol. The van der Waals surface area contributed by atoms with E-state index < -0.39 is 32.6 Å². The number of unbranched alkanes of at least 4 members (excludes halogenated alkanes) is 12. The Morgan fingerprint density at radius 2 is 1.24 bits per heavy atom. The lowest BCUT2D eigenvalue weighted by Crippen LogP contribution is -2.27. The molecule has 0 aliphatic rings. The number of esters is 1. The Morgan fingerprint density at radius 3 is 1.84 bits per heavy atom. The largest absolute Gasteiger partial charge is 0.498 e. The summed E-state index contributed by atoms with van der Waals surface area (Å²) in [5, 5.41) is 10.1. The topological polar surface area (TPSA) is 123 Å². The van der Waals surface area contributed by atoms with Crippen molar-refractivity contribution in [2.24, 2.45) is 0 Å². The van der Waals surface area contributed by atoms with Crippen molar-refractivity contribution in [2.45, 2.75) is 154 Å². The number of phosphoric ester groups is 1. The van der Waals surface area contributed by atoms with E-state index in [0.717, 1.165) is 38.5 Å². The summed E-state index contributed by atoms with van der Waals surface area (Å²) < 4.78 is 26.5. The number of allylic oxidation sites excluding steroid dienone is 11. The van der Waals surface area contributed by atoms with Crippen molar-refractivity contribution in [3.63, 3.8) is 0 Å². The Balaban J connectivity index is 4.17. The number of hydrogen-bond acceptors (Lipinski definition) is 6. The van der Waals surface area contributed by atoms with Crippen LogP contribution in [0.2, 0.25) is 0 Å². The summed E-state index contributed by atoms with van der Waals surface area (Å²) in [7, 11) is -4.72. The van der Waals surface area contributed by atoms with Gasteiger partial charge in [-0.25, -0.2) is 4.57 Å². The highest BCUT2D eigenvalue weighted by Gasteiger charge is 2.21. The van der Waals surface area contributed by atoms with E-state index in [4.69, 9.17) is 19.3 Å². The van der Waals surface area contributed by atoms with Crippen LogP contribution in [-0.4, -0.2) is 46.3 Å². The third-order valence-electron chi connectivity index (χ3n) is 7.62. The standard InChI is InChI=1S/C41H69O8P/c1-3-5-7-9-11-13-15-17-19-21-23-25-27-32-36-47-37-40(38-48-50(44,45)46)49-41(43)35-31-28-30-34-39(42)33-29-26-24-22-20-18-16-14-12-10-8-6-4-2/h6,8,12,14,18,20,24,26,28-30,32-33,36,39-40,42H,3-5,7,9-11,13,15-17,19,21-23,25,27,31,34-35,37-38H2,1-2H3,(H2,44,45,46)/b8-6-,14-12-,20-18-,26-24-,30-28-,33-29-,36-32+/t39?,40-/m1/s1. The van der Waals surface area contributed by atoms with E-state index in [-0.39, 0.29) is 13.0 Å². The highest BCUT2D eigenvalue weighted by Crippen LogP contribution is 2.35. The van der Waals surface area contributed by atoms with Crippen LogP contribution in [0.1, 0.15) is 142 Å². The molecule has 0 aromatic rings. The summed E-state index contributed by atoms with van der Waals surface area (Å²) in [6, 6.07) is 0. The number of carbonyl (C=O) groups excluding carboxylic acids is 1. The van der Waals surface area contributed by atoms with Crippen molar-refractivity contribution in [3.05, 3.63) is 85.3 Å². The first kappa shape index (κ1) is 47.5. The average molecular weight is 721 g/mol. The Labute approximate surface area is 304 Å². The lowest BCUT2D eigenvalue weighted by molar-refractivity contribution is -0.153. The maximum atomic E-state index is 12.3. The molecule has 0 saturated carbocycles. The second-order valence-electron chi connectivity index (χ2n) is 12.4. The zero-order chi connectivity index (χ0) is 36.8. The average Bonchev–Trinajstić information content (AvgIpc) is 3.08. The van der Waals surface area contributed by atoms with Gasteiger partial charge in [0.25, 0.3) is 0 Å². The van der Waals surface area contributed by atoms with E-state index in [1.165, 1.54) is 70.6 Å². The van der Waals surface area contributed by atoms with Crippen LogP contribution in [0.5, 0.6) is 0 Å². The van der Waals surface area contributed by atoms with E-state index in [1.807, 2.05) is 24.3 Å². The molecule has 0 aliphatic carbocycles. The molecule has 0 heterocycles. The molecular formula is C41H69O8P. The second-order valence-corrected chi connectivity index (χ2v) is 13.7. The summed E-state index contributed by atoms with van der Waals surface area (Å²) >= 11 is 0. The van der Waals surface area contributed by atoms with Gasteiger partial charge in [-0.05, 0) is 57.4 Å². The number of rotatable bonds is 34. The summed E-state index contributed by atoms with van der Waals surface area (Å²) in [6.07, 6.45) is 46.9. The Kier molecular flexibility index (Phi) is 34.5. The molecule has 50 heavy (non-hydrogen) atoms. The molecule has 0 saturated heterocycles. The van der Waals surface area contributed by atoms with E-state index in [9.17, 15) is 14.5 Å². The first-order valence-electron chi connectivity index (χ1n) is 19.1. The van der Waals surface area contributed by atoms with E-state index in [0.29, 0.717) is 12.8 Å². The van der Waals surface area contributed by atoms with Gasteiger partial charge in [-0.1, -0.05) is 157 Å². The van der Waals surface area contributed by atoms with Crippen LogP contribution in [0.4, 0.5) is 0 Å². The SMILES string of the molecule is CC/C=C\C/C=C\C/C=C\C/C=C\C=C/C(O)C/C=C\CCC(=O)O[C@H](CO/C=C/CCCCCCCCCCCCCC)COP(=O)(O)O. The van der Waals surface area contributed by atoms with Crippen molar-refractivity contribution < 1.29 is 38.3 Å². The molecule has 9 heteroatoms. The van der Waals surface area contributed by atoms with Gasteiger partial charge in [0.05, 0.1) is 19.0 Å². The molecule has 0 aliphatic heterocycles. The molecule has 0 aromatic carbocycles. The molecule has 1 unspecified atom stereocenters. The van der Waals surface area contributed by atoms with Gasteiger partial charge >= 0.3 is 13.8 Å². The highest BCUT2D eigenvalue weighted by atomic mass is 31.2. The van der Waals surface area contributed by atoms with Crippen molar-refractivity contribution >= 4 is 13.8 Å². The van der Waals surface area contributed by atoms with Gasteiger partial charge in [-0.3, -0.25) is 9.32 Å². The van der Waals surface area contributed by atoms with Gasteiger partial charge in [-0.2, -0.15) is 0 Å². The van der Waals surface area contributed by atoms with E-state index in [2.05, 4.69) is 54.8 Å². The zero-order valence-electron chi connectivity index (χ0n) is 31.1. The molecule has 0 spiro atoms. The van der Waals surface area contributed by atoms with Crippen molar-refractivity contribution in [1.82, 2.24) is 0 Å². The minimum Gasteiger partial charge on any atom is -0.498 e. The molecule has 286 valence electrons. The van der Waals surface area contributed by atoms with Gasteiger partial charge in [0.2, 0.25) is 0 Å². The minimum atomic E-state index is -4.72. The van der Waals surface area contributed by atoms with E-state index in [1.54, 1.807) is 24.5 Å². The van der Waals surface area contributed by atoms with Gasteiger partial charge in [0, 0.05) is 6.42 Å². The Bertz CT molecular complexity index is 1040. The van der Waals surface area contributed by atoms with Gasteiger partial charge in [0.1, 0.15) is 6.61 Å². The molecule has 8 nitrogen and oxygen atoms in total. The van der Waals surface area contributed by atoms with Gasteiger partial charge in [0.15, 0.2) is 6.10 Å². The van der Waals surface area contributed by atoms with Crippen LogP contribution >= 0.6 is 7.82 Å². The second kappa shape index (κ2) is 36.3. The lowest BCUT2D eigenvalue weighted by Gasteiger charge is -2.17. The van der Waals surface area contributed by atoms with Crippen molar-refractivity contribution in [2.75, 3.05) is 13.2 Å². The molecule has 0 radical (unpaired) electrons. The summed E-state index contributed by atoms with van der Waals surface area (Å²) in [4.78, 5) is 30.5. The maximum absolute atomic E-state index is 12.3. The third kappa shape index (κ3) is 38.3. The van der Waals surface area contributed by atoms with Gasteiger partial charge in [-0.15, -0.1) is 0 Å². The minimum absolute atomic E-state index is 0.0750. The first-order valence-corrected chi connectivity index (χ1v) is 20.6. The van der Waals surface area contributed by atoms with Crippen molar-refractivity contribution in [3.8, 4) is 0 Å². The summed E-state index contributed by atoms with van der Waals surface area (Å²) in [5.41, 5.74) is 0. The number of aliphatic hydroxyl groups excluding tert-OH is 1. The number of aliphatic hydroxyl groups is 1. The zero-order valence-corrected chi connectivity index (χ0v) is 32.0. The quantitative estimate of drug-likeness (QED) is 0.0150. The maximum Gasteiger partial charge on any atom is 0.469 e. The number of carbonyl (C=O) groups is 1. The molecule has 2 atom stereocenters.